The van der Waals surface area contributed by atoms with E-state index < -0.39 is 8.07 Å². The van der Waals surface area contributed by atoms with Crippen LogP contribution in [-0.4, -0.2) is 8.07 Å². The third-order valence-corrected chi connectivity index (χ3v) is 1.78. The van der Waals surface area contributed by atoms with Gasteiger partial charge in [-0.15, -0.1) is 5.54 Å². The van der Waals surface area contributed by atoms with Gasteiger partial charge in [0, 0.05) is 0 Å². The molecule has 0 aliphatic rings. The van der Waals surface area contributed by atoms with E-state index in [-0.39, 0.29) is 0 Å². The summed E-state index contributed by atoms with van der Waals surface area (Å²) >= 11 is 0. The largest absolute Gasteiger partial charge is 0.129 e. The Morgan fingerprint density at radius 3 is 2.30 bits per heavy atom. The molecule has 1 heteroatoms. The minimum atomic E-state index is -1.12. The van der Waals surface area contributed by atoms with E-state index in [4.69, 9.17) is 0 Å². The van der Waals surface area contributed by atoms with Crippen molar-refractivity contribution in [2.24, 2.45) is 0 Å². The maximum absolute atomic E-state index is 3.26. The van der Waals surface area contributed by atoms with Crippen molar-refractivity contribution in [1.29, 1.82) is 0 Å². The molecule has 0 fully saturated rings. The topological polar surface area (TPSA) is 0 Å². The smallest absolute Gasteiger partial charge is 0.127 e. The Labute approximate surface area is 65.3 Å². The van der Waals surface area contributed by atoms with Gasteiger partial charge in [-0.05, 0) is 12.5 Å². The molecule has 0 N–H and O–H groups in total. The van der Waals surface area contributed by atoms with Crippen LogP contribution in [0.4, 0.5) is 0 Å². The zero-order chi connectivity index (χ0) is 8.04. The van der Waals surface area contributed by atoms with E-state index in [2.05, 4.69) is 44.1 Å². The van der Waals surface area contributed by atoms with Crippen LogP contribution in [0.1, 0.15) is 13.3 Å². The highest BCUT2D eigenvalue weighted by molar-refractivity contribution is 6.83. The van der Waals surface area contributed by atoms with Crippen LogP contribution in [0.25, 0.3) is 0 Å². The molecule has 0 aliphatic carbocycles. The van der Waals surface area contributed by atoms with E-state index >= 15 is 0 Å². The minimum Gasteiger partial charge on any atom is -0.127 e. The van der Waals surface area contributed by atoms with Crippen LogP contribution >= 0.6 is 0 Å². The first-order chi connectivity index (χ1) is 4.56. The van der Waals surface area contributed by atoms with Crippen LogP contribution in [0.5, 0.6) is 0 Å². The van der Waals surface area contributed by atoms with E-state index in [1.807, 2.05) is 6.08 Å². The molecule has 0 aromatic rings. The van der Waals surface area contributed by atoms with Crippen LogP contribution < -0.4 is 0 Å². The molecule has 0 nitrogen and oxygen atoms in total. The van der Waals surface area contributed by atoms with E-state index in [9.17, 15) is 0 Å². The molecular weight excluding hydrogens is 136 g/mol. The van der Waals surface area contributed by atoms with Crippen LogP contribution in [0, 0.1) is 11.5 Å². The fourth-order valence-corrected chi connectivity index (χ4v) is 0.951. The molecular formula is C9H16Si. The van der Waals surface area contributed by atoms with Gasteiger partial charge in [0.05, 0.1) is 0 Å². The number of hydrogen-bond acceptors (Lipinski definition) is 0. The fraction of sp³-hybridized carbons (Fsp3) is 0.556. The van der Waals surface area contributed by atoms with Gasteiger partial charge in [0.25, 0.3) is 0 Å². The van der Waals surface area contributed by atoms with E-state index in [1.165, 1.54) is 0 Å². The van der Waals surface area contributed by atoms with Gasteiger partial charge in [0.15, 0.2) is 0 Å². The summed E-state index contributed by atoms with van der Waals surface area (Å²) in [6, 6.07) is 0. The molecule has 0 aromatic heterocycles. The van der Waals surface area contributed by atoms with Crippen molar-refractivity contribution in [1.82, 2.24) is 0 Å². The number of hydrogen-bond donors (Lipinski definition) is 0. The second-order valence-electron chi connectivity index (χ2n) is 3.33. The lowest BCUT2D eigenvalue weighted by Crippen LogP contribution is -2.16. The molecule has 0 atom stereocenters. The Bertz CT molecular complexity index is 161. The lowest BCUT2D eigenvalue weighted by molar-refractivity contribution is 1.23. The van der Waals surface area contributed by atoms with E-state index in [0.717, 1.165) is 6.42 Å². The molecule has 0 aromatic carbocycles. The average Bonchev–Trinajstić information content (AvgIpc) is 1.78. The SMILES string of the molecule is CCC=CC#C[Si](C)(C)C. The number of rotatable bonds is 1. The summed E-state index contributed by atoms with van der Waals surface area (Å²) in [5.74, 6) is 3.06. The molecule has 0 rings (SSSR count). The quantitative estimate of drug-likeness (QED) is 0.400. The lowest BCUT2D eigenvalue weighted by Gasteiger charge is -2.01. The summed E-state index contributed by atoms with van der Waals surface area (Å²) in [5.41, 5.74) is 3.26. The summed E-state index contributed by atoms with van der Waals surface area (Å²) < 4.78 is 0. The van der Waals surface area contributed by atoms with Gasteiger partial charge >= 0.3 is 0 Å². The van der Waals surface area contributed by atoms with Crippen LogP contribution in [-0.2, 0) is 0 Å². The summed E-state index contributed by atoms with van der Waals surface area (Å²) in [6.07, 6.45) is 5.13. The monoisotopic (exact) mass is 152 g/mol. The van der Waals surface area contributed by atoms with Crippen molar-refractivity contribution in [2.45, 2.75) is 33.0 Å². The molecule has 56 valence electrons. The van der Waals surface area contributed by atoms with Crippen LogP contribution in [0.15, 0.2) is 12.2 Å². The normalized spacial score (nSPS) is 11.2. The first-order valence-electron chi connectivity index (χ1n) is 3.74. The van der Waals surface area contributed by atoms with Gasteiger partial charge in [-0.25, -0.2) is 0 Å². The zero-order valence-electron chi connectivity index (χ0n) is 7.36. The third-order valence-electron chi connectivity index (χ3n) is 0.884. The van der Waals surface area contributed by atoms with Crippen molar-refractivity contribution < 1.29 is 0 Å². The molecule has 0 amide bonds. The van der Waals surface area contributed by atoms with Gasteiger partial charge < -0.3 is 0 Å². The fourth-order valence-electron chi connectivity index (χ4n) is 0.435. The second kappa shape index (κ2) is 4.35. The highest BCUT2D eigenvalue weighted by atomic mass is 28.3. The highest BCUT2D eigenvalue weighted by Gasteiger charge is 2.06. The second-order valence-corrected chi connectivity index (χ2v) is 8.08. The lowest BCUT2D eigenvalue weighted by atomic mass is 10.4. The Balaban J connectivity index is 3.81. The summed E-state index contributed by atoms with van der Waals surface area (Å²) in [5, 5.41) is 0. The summed E-state index contributed by atoms with van der Waals surface area (Å²) in [4.78, 5) is 0. The highest BCUT2D eigenvalue weighted by Crippen LogP contribution is 1.95. The van der Waals surface area contributed by atoms with Crippen LogP contribution in [0.3, 0.4) is 0 Å². The molecule has 10 heavy (non-hydrogen) atoms. The van der Waals surface area contributed by atoms with E-state index in [0.29, 0.717) is 0 Å². The Morgan fingerprint density at radius 2 is 1.90 bits per heavy atom. The predicted octanol–water partition coefficient (Wildman–Crippen LogP) is 2.83. The first kappa shape index (κ1) is 9.52. The number of allylic oxidation sites excluding steroid dienone is 2. The van der Waals surface area contributed by atoms with Crippen molar-refractivity contribution in [2.75, 3.05) is 0 Å². The molecule has 0 heterocycles. The van der Waals surface area contributed by atoms with Crippen LogP contribution in [0.2, 0.25) is 19.6 Å². The van der Waals surface area contributed by atoms with Gasteiger partial charge in [-0.2, -0.15) is 0 Å². The summed E-state index contributed by atoms with van der Waals surface area (Å²) in [6.45, 7) is 8.87. The summed E-state index contributed by atoms with van der Waals surface area (Å²) in [7, 11) is -1.12. The Kier molecular flexibility index (Phi) is 4.14. The van der Waals surface area contributed by atoms with Crippen molar-refractivity contribution in [3.05, 3.63) is 12.2 Å². The van der Waals surface area contributed by atoms with Crippen molar-refractivity contribution in [3.63, 3.8) is 0 Å². The standard InChI is InChI=1S/C9H16Si/c1-5-6-7-8-9-10(2,3)4/h6-7H,5H2,1-4H3. The van der Waals surface area contributed by atoms with Crippen molar-refractivity contribution >= 4 is 8.07 Å². The Morgan fingerprint density at radius 1 is 1.30 bits per heavy atom. The Hall–Kier alpha value is -0.483. The third kappa shape index (κ3) is 7.52. The molecule has 0 aliphatic heterocycles. The minimum absolute atomic E-state index is 1.08. The maximum Gasteiger partial charge on any atom is 0.129 e. The van der Waals surface area contributed by atoms with Gasteiger partial charge in [-0.3, -0.25) is 0 Å². The maximum atomic E-state index is 3.26. The first-order valence-corrected chi connectivity index (χ1v) is 7.24. The predicted molar refractivity (Wildman–Crippen MR) is 50.6 cm³/mol. The molecule has 0 bridgehead atoms. The van der Waals surface area contributed by atoms with Gasteiger partial charge in [-0.1, -0.05) is 38.6 Å². The molecule has 0 saturated carbocycles. The molecule has 0 radical (unpaired) electrons. The van der Waals surface area contributed by atoms with Gasteiger partial charge in [0.1, 0.15) is 8.07 Å². The van der Waals surface area contributed by atoms with Crippen molar-refractivity contribution in [3.8, 4) is 11.5 Å². The molecule has 0 unspecified atom stereocenters. The average molecular weight is 152 g/mol. The molecule has 0 saturated heterocycles. The molecule has 0 spiro atoms. The zero-order valence-corrected chi connectivity index (χ0v) is 8.36. The van der Waals surface area contributed by atoms with Gasteiger partial charge in [0.2, 0.25) is 0 Å². The van der Waals surface area contributed by atoms with E-state index in [1.54, 1.807) is 0 Å².